The Morgan fingerprint density at radius 2 is 1.39 bits per heavy atom. The quantitative estimate of drug-likeness (QED) is 0.228. The molecule has 0 radical (unpaired) electrons. The first-order valence-electron chi connectivity index (χ1n) is 12.3. The van der Waals surface area contributed by atoms with Gasteiger partial charge in [0.25, 0.3) is 0 Å². The van der Waals surface area contributed by atoms with E-state index in [-0.39, 0.29) is 16.5 Å². The number of benzene rings is 2. The summed E-state index contributed by atoms with van der Waals surface area (Å²) in [6, 6.07) is 13.2. The molecule has 0 N–H and O–H groups in total. The summed E-state index contributed by atoms with van der Waals surface area (Å²) in [6.45, 7) is 12.9. The largest absolute Gasteiger partial charge is 0.373 e. The third kappa shape index (κ3) is 8.63. The van der Waals surface area contributed by atoms with Crippen molar-refractivity contribution in [2.24, 2.45) is 9.98 Å². The van der Waals surface area contributed by atoms with Crippen LogP contribution in [0.3, 0.4) is 0 Å². The minimum atomic E-state index is 0. The summed E-state index contributed by atoms with van der Waals surface area (Å²) in [6.07, 6.45) is 7.21. The molecule has 0 aliphatic rings. The van der Waals surface area contributed by atoms with Crippen LogP contribution in [-0.2, 0) is 29.3 Å². The van der Waals surface area contributed by atoms with Gasteiger partial charge in [-0.3, -0.25) is 9.98 Å². The van der Waals surface area contributed by atoms with E-state index in [2.05, 4.69) is 94.9 Å². The Hall–Kier alpha value is -2.13. The SMILES string of the molecule is CCCCC(C=Nc1cc(CC)cc(CC)c1)=Nc1ccc(N(C)CC)c(N(C)CC)c1.[Ni]. The number of aliphatic imine (C=N–C) groups is 2. The van der Waals surface area contributed by atoms with Gasteiger partial charge in [0.1, 0.15) is 0 Å². The van der Waals surface area contributed by atoms with Gasteiger partial charge >= 0.3 is 0 Å². The minimum Gasteiger partial charge on any atom is -0.373 e. The molecule has 5 heteroatoms. The molecule has 0 heterocycles. The van der Waals surface area contributed by atoms with E-state index in [1.807, 2.05) is 6.21 Å². The average Bonchev–Trinajstić information content (AvgIpc) is 2.84. The number of nitrogens with zero attached hydrogens (tertiary/aromatic N) is 4. The van der Waals surface area contributed by atoms with E-state index >= 15 is 0 Å². The zero-order chi connectivity index (χ0) is 23.5. The third-order valence-electron chi connectivity index (χ3n) is 6.01. The molecule has 0 aliphatic carbocycles. The first kappa shape index (κ1) is 28.9. The number of anilines is 2. The maximum atomic E-state index is 5.02. The van der Waals surface area contributed by atoms with Crippen LogP contribution in [0.4, 0.5) is 22.7 Å². The molecule has 2 aromatic carbocycles. The Kier molecular flexibility index (Phi) is 13.1. The van der Waals surface area contributed by atoms with Crippen molar-refractivity contribution >= 4 is 34.7 Å². The number of rotatable bonds is 12. The van der Waals surface area contributed by atoms with Crippen molar-refractivity contribution in [2.75, 3.05) is 37.0 Å². The van der Waals surface area contributed by atoms with E-state index in [4.69, 9.17) is 9.98 Å². The predicted octanol–water partition coefficient (Wildman–Crippen LogP) is 7.39. The van der Waals surface area contributed by atoms with Crippen molar-refractivity contribution < 1.29 is 16.5 Å². The maximum absolute atomic E-state index is 5.02. The molecule has 0 aliphatic heterocycles. The normalized spacial score (nSPS) is 11.5. The molecule has 0 spiro atoms. The van der Waals surface area contributed by atoms with Gasteiger partial charge in [0.2, 0.25) is 0 Å². The summed E-state index contributed by atoms with van der Waals surface area (Å²) < 4.78 is 0. The van der Waals surface area contributed by atoms with Gasteiger partial charge < -0.3 is 9.80 Å². The van der Waals surface area contributed by atoms with Crippen molar-refractivity contribution in [1.29, 1.82) is 0 Å². The van der Waals surface area contributed by atoms with Crippen LogP contribution in [0.5, 0.6) is 0 Å². The molecule has 0 saturated carbocycles. The van der Waals surface area contributed by atoms with Crippen molar-refractivity contribution in [3.63, 3.8) is 0 Å². The van der Waals surface area contributed by atoms with Gasteiger partial charge in [-0.05, 0) is 81.0 Å². The van der Waals surface area contributed by atoms with E-state index in [9.17, 15) is 0 Å². The monoisotopic (exact) mass is 492 g/mol. The molecular formula is C28H42N4Ni. The topological polar surface area (TPSA) is 31.2 Å². The fourth-order valence-electron chi connectivity index (χ4n) is 3.60. The molecule has 0 aromatic heterocycles. The van der Waals surface area contributed by atoms with E-state index < -0.39 is 0 Å². The number of hydrogen-bond acceptors (Lipinski definition) is 4. The smallest absolute Gasteiger partial charge is 0.0655 e. The molecule has 2 aromatic rings. The summed E-state index contributed by atoms with van der Waals surface area (Å²) >= 11 is 0. The Balaban J connectivity index is 0.00000544. The zero-order valence-corrected chi connectivity index (χ0v) is 22.6. The van der Waals surface area contributed by atoms with E-state index in [0.29, 0.717) is 0 Å². The molecule has 2 rings (SSSR count). The summed E-state index contributed by atoms with van der Waals surface area (Å²) in [5.41, 5.74) is 8.18. The number of unbranched alkanes of at least 4 members (excludes halogenated alkanes) is 1. The van der Waals surface area contributed by atoms with Crippen LogP contribution in [0, 0.1) is 0 Å². The molecule has 0 amide bonds. The molecule has 0 bridgehead atoms. The zero-order valence-electron chi connectivity index (χ0n) is 21.6. The molecule has 0 atom stereocenters. The molecule has 0 unspecified atom stereocenters. The molecule has 4 nitrogen and oxygen atoms in total. The van der Waals surface area contributed by atoms with Crippen LogP contribution in [0.2, 0.25) is 0 Å². The molecule has 184 valence electrons. The van der Waals surface area contributed by atoms with Gasteiger partial charge in [-0.2, -0.15) is 0 Å². The molecule has 0 saturated heterocycles. The summed E-state index contributed by atoms with van der Waals surface area (Å²) in [5, 5.41) is 0. The van der Waals surface area contributed by atoms with Gasteiger partial charge in [0, 0.05) is 49.9 Å². The predicted molar refractivity (Wildman–Crippen MR) is 144 cm³/mol. The Bertz CT molecular complexity index is 898. The van der Waals surface area contributed by atoms with Gasteiger partial charge in [0.15, 0.2) is 0 Å². The second-order valence-corrected chi connectivity index (χ2v) is 8.38. The van der Waals surface area contributed by atoms with Gasteiger partial charge in [-0.15, -0.1) is 0 Å². The van der Waals surface area contributed by atoms with Crippen LogP contribution >= 0.6 is 0 Å². The van der Waals surface area contributed by atoms with Crippen LogP contribution in [0.1, 0.15) is 65.0 Å². The fraction of sp³-hybridized carbons (Fsp3) is 0.500. The second-order valence-electron chi connectivity index (χ2n) is 8.38. The molecule has 33 heavy (non-hydrogen) atoms. The van der Waals surface area contributed by atoms with Gasteiger partial charge in [0.05, 0.1) is 28.5 Å². The summed E-state index contributed by atoms with van der Waals surface area (Å²) in [7, 11) is 4.28. The first-order chi connectivity index (χ1) is 15.4. The van der Waals surface area contributed by atoms with E-state index in [1.165, 1.54) is 22.5 Å². The molecule has 0 fully saturated rings. The summed E-state index contributed by atoms with van der Waals surface area (Å²) in [5.74, 6) is 0. The standard InChI is InChI=1S/C28H42N4.Ni/c1-8-13-14-25(21-29-26-18-22(9-2)17-23(10-3)19-26)30-24-15-16-27(31(6)11-4)28(20-24)32(7)12-5;/h15-21H,8-14H2,1-7H3;. The fourth-order valence-corrected chi connectivity index (χ4v) is 3.60. The maximum Gasteiger partial charge on any atom is 0.0655 e. The van der Waals surface area contributed by atoms with Crippen molar-refractivity contribution in [3.05, 3.63) is 47.5 Å². The Labute approximate surface area is 212 Å². The first-order valence-corrected chi connectivity index (χ1v) is 12.3. The second kappa shape index (κ2) is 14.9. The van der Waals surface area contributed by atoms with Gasteiger partial charge in [-0.25, -0.2) is 0 Å². The van der Waals surface area contributed by atoms with Crippen LogP contribution in [0.15, 0.2) is 46.4 Å². The van der Waals surface area contributed by atoms with Crippen molar-refractivity contribution in [3.8, 4) is 0 Å². The van der Waals surface area contributed by atoms with E-state index in [0.717, 1.165) is 62.3 Å². The van der Waals surface area contributed by atoms with Crippen molar-refractivity contribution in [1.82, 2.24) is 0 Å². The summed E-state index contributed by atoms with van der Waals surface area (Å²) in [4.78, 5) is 14.4. The van der Waals surface area contributed by atoms with E-state index in [1.54, 1.807) is 0 Å². The Morgan fingerprint density at radius 1 is 0.788 bits per heavy atom. The average molecular weight is 493 g/mol. The van der Waals surface area contributed by atoms with Crippen molar-refractivity contribution in [2.45, 2.75) is 66.7 Å². The minimum absolute atomic E-state index is 0. The van der Waals surface area contributed by atoms with Crippen LogP contribution in [-0.4, -0.2) is 39.1 Å². The van der Waals surface area contributed by atoms with Crippen LogP contribution in [0.25, 0.3) is 0 Å². The van der Waals surface area contributed by atoms with Gasteiger partial charge in [-0.1, -0.05) is 33.3 Å². The Morgan fingerprint density at radius 3 is 1.94 bits per heavy atom. The number of hydrogen-bond donors (Lipinski definition) is 0. The number of aryl methyl sites for hydroxylation is 2. The third-order valence-corrected chi connectivity index (χ3v) is 6.01. The van der Waals surface area contributed by atoms with Crippen LogP contribution < -0.4 is 9.80 Å². The molecular weight excluding hydrogens is 451 g/mol.